The van der Waals surface area contributed by atoms with Crippen LogP contribution in [0.3, 0.4) is 0 Å². The number of hydrogen-bond donors (Lipinski definition) is 2. The van der Waals surface area contributed by atoms with Crippen LogP contribution in [0.1, 0.15) is 32.3 Å². The van der Waals surface area contributed by atoms with Crippen molar-refractivity contribution in [2.45, 2.75) is 39.2 Å². The number of nitrogens with zero attached hydrogens (tertiary/aromatic N) is 1. The highest BCUT2D eigenvalue weighted by atomic mass is 15.2. The monoisotopic (exact) mass is 247 g/mol. The highest BCUT2D eigenvalue weighted by Gasteiger charge is 2.23. The van der Waals surface area contributed by atoms with E-state index in [0.29, 0.717) is 6.04 Å². The molecule has 1 aromatic rings. The average molecular weight is 247 g/mol. The van der Waals surface area contributed by atoms with E-state index in [0.717, 1.165) is 24.3 Å². The lowest BCUT2D eigenvalue weighted by molar-refractivity contribution is 0.200. The molecular weight excluding hydrogens is 222 g/mol. The minimum absolute atomic E-state index is 0.610. The number of rotatable bonds is 5. The van der Waals surface area contributed by atoms with Crippen molar-refractivity contribution in [3.8, 4) is 0 Å². The molecule has 100 valence electrons. The van der Waals surface area contributed by atoms with Gasteiger partial charge in [-0.1, -0.05) is 26.0 Å². The topological polar surface area (TPSA) is 41.3 Å². The lowest BCUT2D eigenvalue weighted by Gasteiger charge is -2.36. The van der Waals surface area contributed by atoms with Crippen LogP contribution in [-0.2, 0) is 6.42 Å². The predicted octanol–water partition coefficient (Wildman–Crippen LogP) is 2.73. The molecule has 0 saturated heterocycles. The summed E-state index contributed by atoms with van der Waals surface area (Å²) in [6.45, 7) is 7.91. The summed E-state index contributed by atoms with van der Waals surface area (Å²) >= 11 is 0. The summed E-state index contributed by atoms with van der Waals surface area (Å²) in [4.78, 5) is 2.61. The second-order valence-electron chi connectivity index (χ2n) is 5.16. The highest BCUT2D eigenvalue weighted by Crippen LogP contribution is 2.29. The lowest BCUT2D eigenvalue weighted by Crippen LogP contribution is -2.44. The number of para-hydroxylation sites is 1. The Morgan fingerprint density at radius 1 is 1.28 bits per heavy atom. The molecule has 0 fully saturated rings. The van der Waals surface area contributed by atoms with Gasteiger partial charge in [-0.25, -0.2) is 0 Å². The van der Waals surface area contributed by atoms with Crippen LogP contribution in [0, 0.1) is 0 Å². The Bertz CT molecular complexity index is 383. The molecule has 0 aromatic heterocycles. The molecule has 0 spiro atoms. The summed E-state index contributed by atoms with van der Waals surface area (Å²) in [6, 6.07) is 6.84. The third kappa shape index (κ3) is 2.78. The molecule has 1 atom stereocenters. The lowest BCUT2D eigenvalue weighted by atomic mass is 9.97. The third-order valence-electron chi connectivity index (χ3n) is 3.69. The van der Waals surface area contributed by atoms with Crippen LogP contribution in [0.2, 0.25) is 0 Å². The summed E-state index contributed by atoms with van der Waals surface area (Å²) in [5.41, 5.74) is 9.40. The fourth-order valence-corrected chi connectivity index (χ4v) is 2.86. The largest absolute Gasteiger partial charge is 0.397 e. The summed E-state index contributed by atoms with van der Waals surface area (Å²) < 4.78 is 0. The highest BCUT2D eigenvalue weighted by molar-refractivity contribution is 5.71. The first-order valence-corrected chi connectivity index (χ1v) is 7.11. The number of nitrogens with one attached hydrogen (secondary N) is 1. The van der Waals surface area contributed by atoms with Crippen molar-refractivity contribution in [1.29, 1.82) is 0 Å². The Labute approximate surface area is 110 Å². The van der Waals surface area contributed by atoms with E-state index in [-0.39, 0.29) is 0 Å². The fraction of sp³-hybridized carbons (Fsp3) is 0.600. The smallest absolute Gasteiger partial charge is 0.0607 e. The minimum atomic E-state index is 0.610. The number of nitrogen functional groups attached to an aromatic ring is 1. The van der Waals surface area contributed by atoms with Crippen LogP contribution < -0.4 is 11.1 Å². The molecular formula is C15H25N3. The number of benzene rings is 1. The Morgan fingerprint density at radius 3 is 2.67 bits per heavy atom. The van der Waals surface area contributed by atoms with Crippen LogP contribution >= 0.6 is 0 Å². The Morgan fingerprint density at radius 2 is 2.00 bits per heavy atom. The van der Waals surface area contributed by atoms with Gasteiger partial charge in [0.1, 0.15) is 0 Å². The SMILES string of the molecule is CCCN(CCC)[C@@H]1CNc2c(N)cccc2C1. The van der Waals surface area contributed by atoms with Gasteiger partial charge in [-0.2, -0.15) is 0 Å². The predicted molar refractivity (Wildman–Crippen MR) is 79.0 cm³/mol. The summed E-state index contributed by atoms with van der Waals surface area (Å²) in [7, 11) is 0. The zero-order valence-electron chi connectivity index (χ0n) is 11.6. The molecule has 0 unspecified atom stereocenters. The van der Waals surface area contributed by atoms with Crippen molar-refractivity contribution in [2.24, 2.45) is 0 Å². The average Bonchev–Trinajstić information content (AvgIpc) is 2.38. The minimum Gasteiger partial charge on any atom is -0.397 e. The normalized spacial score (nSPS) is 18.5. The van der Waals surface area contributed by atoms with Gasteiger partial charge in [0.25, 0.3) is 0 Å². The van der Waals surface area contributed by atoms with Crippen LogP contribution in [-0.4, -0.2) is 30.6 Å². The van der Waals surface area contributed by atoms with Gasteiger partial charge >= 0.3 is 0 Å². The molecule has 3 nitrogen and oxygen atoms in total. The maximum Gasteiger partial charge on any atom is 0.0607 e. The third-order valence-corrected chi connectivity index (χ3v) is 3.69. The zero-order valence-corrected chi connectivity index (χ0v) is 11.6. The summed E-state index contributed by atoms with van der Waals surface area (Å²) in [6.07, 6.45) is 3.56. The van der Waals surface area contributed by atoms with Crippen molar-refractivity contribution < 1.29 is 0 Å². The number of hydrogen-bond acceptors (Lipinski definition) is 3. The molecule has 0 aliphatic carbocycles. The van der Waals surface area contributed by atoms with Crippen LogP contribution in [0.5, 0.6) is 0 Å². The zero-order chi connectivity index (χ0) is 13.0. The van der Waals surface area contributed by atoms with Crippen LogP contribution in [0.15, 0.2) is 18.2 Å². The van der Waals surface area contributed by atoms with Gasteiger partial charge < -0.3 is 11.1 Å². The molecule has 18 heavy (non-hydrogen) atoms. The second-order valence-corrected chi connectivity index (χ2v) is 5.16. The summed E-state index contributed by atoms with van der Waals surface area (Å²) in [5.74, 6) is 0. The van der Waals surface area contributed by atoms with Crippen LogP contribution in [0.25, 0.3) is 0 Å². The molecule has 0 radical (unpaired) electrons. The fourth-order valence-electron chi connectivity index (χ4n) is 2.86. The molecule has 1 aromatic carbocycles. The molecule has 0 bridgehead atoms. The quantitative estimate of drug-likeness (QED) is 0.786. The van der Waals surface area contributed by atoms with E-state index < -0.39 is 0 Å². The number of fused-ring (bicyclic) bond motifs is 1. The van der Waals surface area contributed by atoms with E-state index in [4.69, 9.17) is 5.73 Å². The van der Waals surface area contributed by atoms with E-state index in [1.165, 1.54) is 31.5 Å². The Balaban J connectivity index is 2.10. The van der Waals surface area contributed by atoms with E-state index in [1.54, 1.807) is 0 Å². The van der Waals surface area contributed by atoms with Gasteiger partial charge in [-0.3, -0.25) is 4.90 Å². The number of nitrogens with two attached hydrogens (primary N) is 1. The second kappa shape index (κ2) is 6.10. The van der Waals surface area contributed by atoms with E-state index in [1.807, 2.05) is 6.07 Å². The van der Waals surface area contributed by atoms with E-state index in [9.17, 15) is 0 Å². The first-order chi connectivity index (χ1) is 8.76. The molecule has 1 aliphatic rings. The first kappa shape index (κ1) is 13.2. The summed E-state index contributed by atoms with van der Waals surface area (Å²) in [5, 5.41) is 3.51. The Hall–Kier alpha value is -1.22. The van der Waals surface area contributed by atoms with Gasteiger partial charge in [0, 0.05) is 12.6 Å². The molecule has 3 N–H and O–H groups in total. The van der Waals surface area contributed by atoms with E-state index >= 15 is 0 Å². The Kier molecular flexibility index (Phi) is 4.48. The maximum atomic E-state index is 6.00. The number of anilines is 2. The van der Waals surface area contributed by atoms with Crippen molar-refractivity contribution >= 4 is 11.4 Å². The molecule has 1 aliphatic heterocycles. The van der Waals surface area contributed by atoms with Crippen molar-refractivity contribution in [3.05, 3.63) is 23.8 Å². The standard InChI is InChI=1S/C15H25N3/c1-3-8-18(9-4-2)13-10-12-6-5-7-14(16)15(12)17-11-13/h5-7,13,17H,3-4,8-11,16H2,1-2H3/t13-/m0/s1. The van der Waals surface area contributed by atoms with Gasteiger partial charge in [0.15, 0.2) is 0 Å². The molecule has 0 amide bonds. The van der Waals surface area contributed by atoms with Gasteiger partial charge in [-0.15, -0.1) is 0 Å². The van der Waals surface area contributed by atoms with Gasteiger partial charge in [0.2, 0.25) is 0 Å². The van der Waals surface area contributed by atoms with Gasteiger partial charge in [-0.05, 0) is 44.0 Å². The molecule has 1 heterocycles. The van der Waals surface area contributed by atoms with Crippen molar-refractivity contribution in [1.82, 2.24) is 4.90 Å². The van der Waals surface area contributed by atoms with Gasteiger partial charge in [0.05, 0.1) is 11.4 Å². The van der Waals surface area contributed by atoms with Crippen molar-refractivity contribution in [3.63, 3.8) is 0 Å². The van der Waals surface area contributed by atoms with Crippen molar-refractivity contribution in [2.75, 3.05) is 30.7 Å². The molecule has 3 heteroatoms. The van der Waals surface area contributed by atoms with E-state index in [2.05, 4.69) is 36.2 Å². The first-order valence-electron chi connectivity index (χ1n) is 7.11. The maximum absolute atomic E-state index is 6.00. The molecule has 0 saturated carbocycles. The molecule has 2 rings (SSSR count). The van der Waals surface area contributed by atoms with Crippen LogP contribution in [0.4, 0.5) is 11.4 Å².